The summed E-state index contributed by atoms with van der Waals surface area (Å²) < 4.78 is 7.55. The molecule has 0 saturated heterocycles. The molecule has 204 valence electrons. The summed E-state index contributed by atoms with van der Waals surface area (Å²) in [7, 11) is 1.67. The SMILES string of the molecule is Cc1ncc(-c2ccc(C(=O)Nc3nc4cc(N(C)C(=O)c5cnccn5)ccc4n3CCc3ccccn3)s2)o1. The van der Waals surface area contributed by atoms with Crippen molar-refractivity contribution in [2.75, 3.05) is 17.3 Å². The van der Waals surface area contributed by atoms with Gasteiger partial charge in [0.25, 0.3) is 11.8 Å². The fraction of sp³-hybridized carbons (Fsp3) is 0.138. The van der Waals surface area contributed by atoms with Crippen LogP contribution in [-0.4, -0.2) is 48.3 Å². The van der Waals surface area contributed by atoms with E-state index in [0.717, 1.165) is 16.1 Å². The van der Waals surface area contributed by atoms with Gasteiger partial charge in [-0.2, -0.15) is 0 Å². The molecule has 5 heterocycles. The summed E-state index contributed by atoms with van der Waals surface area (Å²) in [5.74, 6) is 0.982. The molecule has 12 heteroatoms. The summed E-state index contributed by atoms with van der Waals surface area (Å²) in [4.78, 5) is 50.5. The average Bonchev–Trinajstić information content (AvgIpc) is 3.74. The minimum atomic E-state index is -0.295. The third-order valence-corrected chi connectivity index (χ3v) is 7.54. The van der Waals surface area contributed by atoms with Gasteiger partial charge in [-0.1, -0.05) is 6.07 Å². The third-order valence-electron chi connectivity index (χ3n) is 6.44. The van der Waals surface area contributed by atoms with Crippen LogP contribution in [0.4, 0.5) is 11.6 Å². The predicted molar refractivity (Wildman–Crippen MR) is 155 cm³/mol. The Labute approximate surface area is 238 Å². The van der Waals surface area contributed by atoms with E-state index < -0.39 is 0 Å². The molecule has 0 spiro atoms. The van der Waals surface area contributed by atoms with Crippen molar-refractivity contribution in [3.8, 4) is 10.6 Å². The number of oxazole rings is 1. The van der Waals surface area contributed by atoms with Gasteiger partial charge in [0, 0.05) is 56.9 Å². The summed E-state index contributed by atoms with van der Waals surface area (Å²) in [6, 6.07) is 14.9. The highest BCUT2D eigenvalue weighted by Crippen LogP contribution is 2.30. The van der Waals surface area contributed by atoms with Crippen LogP contribution in [0.3, 0.4) is 0 Å². The van der Waals surface area contributed by atoms with Gasteiger partial charge in [-0.15, -0.1) is 11.3 Å². The number of nitrogens with one attached hydrogen (secondary N) is 1. The molecule has 0 aliphatic heterocycles. The maximum atomic E-state index is 13.3. The van der Waals surface area contributed by atoms with Gasteiger partial charge in [0.05, 0.1) is 33.2 Å². The highest BCUT2D eigenvalue weighted by atomic mass is 32.1. The van der Waals surface area contributed by atoms with E-state index in [1.165, 1.54) is 34.8 Å². The standard InChI is InChI=1S/C29H24N8O3S/c1-18-33-17-24(40-18)25-8-9-26(41-25)27(38)35-29-34-21-15-20(36(2)28(39)22-16-30-12-13-32-22)6-7-23(21)37(29)14-10-19-5-3-4-11-31-19/h3-9,11-13,15-17H,10,14H2,1-2H3,(H,34,35,38). The highest BCUT2D eigenvalue weighted by Gasteiger charge is 2.20. The van der Waals surface area contributed by atoms with Crippen molar-refractivity contribution in [3.63, 3.8) is 0 Å². The molecular formula is C29H24N8O3S. The van der Waals surface area contributed by atoms with Gasteiger partial charge < -0.3 is 13.9 Å². The Morgan fingerprint density at radius 1 is 1.02 bits per heavy atom. The van der Waals surface area contributed by atoms with Crippen molar-refractivity contribution in [1.82, 2.24) is 29.5 Å². The summed E-state index contributed by atoms with van der Waals surface area (Å²) in [5.41, 5.74) is 3.22. The summed E-state index contributed by atoms with van der Waals surface area (Å²) in [6.07, 6.45) is 8.45. The highest BCUT2D eigenvalue weighted by molar-refractivity contribution is 7.17. The number of imidazole rings is 1. The van der Waals surface area contributed by atoms with E-state index in [1.807, 2.05) is 47.0 Å². The smallest absolute Gasteiger partial charge is 0.278 e. The van der Waals surface area contributed by atoms with Crippen molar-refractivity contribution >= 4 is 45.8 Å². The molecule has 6 rings (SSSR count). The Kier molecular flexibility index (Phi) is 7.04. The van der Waals surface area contributed by atoms with Crippen LogP contribution in [-0.2, 0) is 13.0 Å². The molecule has 0 fully saturated rings. The number of aryl methyl sites for hydroxylation is 3. The van der Waals surface area contributed by atoms with Crippen LogP contribution in [0.5, 0.6) is 0 Å². The second-order valence-corrected chi connectivity index (χ2v) is 10.2. The van der Waals surface area contributed by atoms with Crippen molar-refractivity contribution in [1.29, 1.82) is 0 Å². The average molecular weight is 565 g/mol. The molecule has 0 saturated carbocycles. The maximum absolute atomic E-state index is 13.3. The number of fused-ring (bicyclic) bond motifs is 1. The first-order chi connectivity index (χ1) is 20.0. The van der Waals surface area contributed by atoms with Crippen molar-refractivity contribution in [3.05, 3.63) is 102 Å². The first-order valence-corrected chi connectivity index (χ1v) is 13.6. The zero-order valence-corrected chi connectivity index (χ0v) is 23.0. The summed E-state index contributed by atoms with van der Waals surface area (Å²) in [5, 5.41) is 2.98. The molecule has 41 heavy (non-hydrogen) atoms. The fourth-order valence-corrected chi connectivity index (χ4v) is 5.20. The number of aromatic nitrogens is 6. The second kappa shape index (κ2) is 11.1. The van der Waals surface area contributed by atoms with Crippen molar-refractivity contribution < 1.29 is 14.0 Å². The molecule has 1 aromatic carbocycles. The molecule has 0 aliphatic carbocycles. The molecular weight excluding hydrogens is 540 g/mol. The van der Waals surface area contributed by atoms with Crippen molar-refractivity contribution in [2.45, 2.75) is 19.9 Å². The lowest BCUT2D eigenvalue weighted by atomic mass is 10.2. The van der Waals surface area contributed by atoms with E-state index >= 15 is 0 Å². The number of pyridine rings is 1. The van der Waals surface area contributed by atoms with Gasteiger partial charge >= 0.3 is 0 Å². The number of nitrogens with zero attached hydrogens (tertiary/aromatic N) is 7. The van der Waals surface area contributed by atoms with Crippen LogP contribution in [0.25, 0.3) is 21.7 Å². The lowest BCUT2D eigenvalue weighted by Gasteiger charge is -2.16. The number of carbonyl (C=O) groups excluding carboxylic acids is 2. The summed E-state index contributed by atoms with van der Waals surface area (Å²) in [6.45, 7) is 2.30. The number of hydrogen-bond donors (Lipinski definition) is 1. The maximum Gasteiger partial charge on any atom is 0.278 e. The molecule has 5 aromatic heterocycles. The number of carbonyl (C=O) groups is 2. The lowest BCUT2D eigenvalue weighted by Crippen LogP contribution is -2.27. The fourth-order valence-electron chi connectivity index (χ4n) is 4.35. The van der Waals surface area contributed by atoms with Gasteiger partial charge in [0.2, 0.25) is 5.95 Å². The van der Waals surface area contributed by atoms with Crippen LogP contribution in [0.2, 0.25) is 0 Å². The molecule has 0 unspecified atom stereocenters. The molecule has 0 atom stereocenters. The number of anilines is 2. The molecule has 6 aromatic rings. The van der Waals surface area contributed by atoms with Crippen LogP contribution in [0.1, 0.15) is 31.7 Å². The first-order valence-electron chi connectivity index (χ1n) is 12.7. The van der Waals surface area contributed by atoms with Gasteiger partial charge in [0.1, 0.15) is 5.69 Å². The Hall–Kier alpha value is -5.23. The minimum Gasteiger partial charge on any atom is -0.440 e. The van der Waals surface area contributed by atoms with E-state index in [4.69, 9.17) is 9.40 Å². The predicted octanol–water partition coefficient (Wildman–Crippen LogP) is 5.02. The Morgan fingerprint density at radius 2 is 1.93 bits per heavy atom. The van der Waals surface area contributed by atoms with E-state index in [2.05, 4.69) is 25.3 Å². The molecule has 11 nitrogen and oxygen atoms in total. The van der Waals surface area contributed by atoms with Gasteiger partial charge in [-0.25, -0.2) is 15.0 Å². The topological polar surface area (TPSA) is 132 Å². The Morgan fingerprint density at radius 3 is 2.68 bits per heavy atom. The number of benzene rings is 1. The zero-order chi connectivity index (χ0) is 28.3. The Balaban J connectivity index is 1.31. The minimum absolute atomic E-state index is 0.236. The molecule has 2 amide bonds. The van der Waals surface area contributed by atoms with Crippen LogP contribution >= 0.6 is 11.3 Å². The van der Waals surface area contributed by atoms with Crippen LogP contribution in [0.15, 0.2) is 83.9 Å². The normalized spacial score (nSPS) is 11.1. The largest absolute Gasteiger partial charge is 0.440 e. The van der Waals surface area contributed by atoms with E-state index in [0.29, 0.717) is 46.6 Å². The van der Waals surface area contributed by atoms with Crippen LogP contribution < -0.4 is 10.2 Å². The van der Waals surface area contributed by atoms with Crippen LogP contribution in [0, 0.1) is 6.92 Å². The number of amides is 2. The molecule has 0 radical (unpaired) electrons. The van der Waals surface area contributed by atoms with Gasteiger partial charge in [-0.3, -0.25) is 24.9 Å². The summed E-state index contributed by atoms with van der Waals surface area (Å²) >= 11 is 1.31. The van der Waals surface area contributed by atoms with Crippen molar-refractivity contribution in [2.24, 2.45) is 0 Å². The molecule has 1 N–H and O–H groups in total. The van der Waals surface area contributed by atoms with Gasteiger partial charge in [-0.05, 0) is 42.5 Å². The zero-order valence-electron chi connectivity index (χ0n) is 22.2. The quantitative estimate of drug-likeness (QED) is 0.273. The van der Waals surface area contributed by atoms with Gasteiger partial charge in [0.15, 0.2) is 11.7 Å². The Bertz CT molecular complexity index is 1850. The molecule has 0 bridgehead atoms. The number of hydrogen-bond acceptors (Lipinski definition) is 9. The van der Waals surface area contributed by atoms with E-state index in [1.54, 1.807) is 32.4 Å². The molecule has 0 aliphatic rings. The monoisotopic (exact) mass is 564 g/mol. The lowest BCUT2D eigenvalue weighted by molar-refractivity contribution is 0.0986. The van der Waals surface area contributed by atoms with E-state index in [-0.39, 0.29) is 17.5 Å². The first kappa shape index (κ1) is 26.0. The second-order valence-electron chi connectivity index (χ2n) is 9.15. The van der Waals surface area contributed by atoms with E-state index in [9.17, 15) is 9.59 Å². The third kappa shape index (κ3) is 5.45. The number of rotatable bonds is 8. The number of thiophene rings is 1.